The van der Waals surface area contributed by atoms with Crippen LogP contribution in [0.3, 0.4) is 0 Å². The largest absolute Gasteiger partial charge is 0.497 e. The number of nitrogens with one attached hydrogen (secondary N) is 2. The number of hydrogen-bond acceptors (Lipinski definition) is 8. The predicted molar refractivity (Wildman–Crippen MR) is 113 cm³/mol. The van der Waals surface area contributed by atoms with E-state index in [1.807, 2.05) is 0 Å². The maximum Gasteiger partial charge on any atom is 0.263 e. The van der Waals surface area contributed by atoms with Gasteiger partial charge in [-0.05, 0) is 42.5 Å². The van der Waals surface area contributed by atoms with Crippen molar-refractivity contribution >= 4 is 32.4 Å². The van der Waals surface area contributed by atoms with Gasteiger partial charge in [0.15, 0.2) is 0 Å². The van der Waals surface area contributed by atoms with E-state index in [1.165, 1.54) is 26.4 Å². The molecule has 0 bridgehead atoms. The van der Waals surface area contributed by atoms with Gasteiger partial charge in [-0.3, -0.25) is 9.52 Å². The van der Waals surface area contributed by atoms with Crippen LogP contribution in [-0.4, -0.2) is 45.3 Å². The number of hydrogen-bond donors (Lipinski definition) is 2. The number of ether oxygens (including phenoxy) is 2. The number of aromatic nitrogens is 2. The summed E-state index contributed by atoms with van der Waals surface area (Å²) >= 11 is 1.11. The molecule has 1 aromatic heterocycles. The SMILES string of the molecule is COc1ccc(S(=O)(=O)Nc2nnc(CCNC(=O)c3cccc(OC)c3)s2)cc1. The minimum absolute atomic E-state index is 0.0885. The second kappa shape index (κ2) is 9.55. The van der Waals surface area contributed by atoms with Crippen molar-refractivity contribution in [3.63, 3.8) is 0 Å². The van der Waals surface area contributed by atoms with Gasteiger partial charge in [-0.25, -0.2) is 8.42 Å². The lowest BCUT2D eigenvalue weighted by Crippen LogP contribution is -2.25. The van der Waals surface area contributed by atoms with E-state index < -0.39 is 10.0 Å². The molecule has 1 amide bonds. The van der Waals surface area contributed by atoms with Gasteiger partial charge in [0.25, 0.3) is 15.9 Å². The Labute approximate surface area is 178 Å². The molecule has 0 radical (unpaired) electrons. The third kappa shape index (κ3) is 5.45. The molecule has 2 N–H and O–H groups in total. The molecule has 1 heterocycles. The standard InChI is InChI=1S/C19H20N4O5S2/c1-27-14-6-8-16(9-7-14)30(25,26)23-19-22-21-17(29-19)10-11-20-18(24)13-4-3-5-15(12-13)28-2/h3-9,12H,10-11H2,1-2H3,(H,20,24)(H,22,23). The summed E-state index contributed by atoms with van der Waals surface area (Å²) in [6.07, 6.45) is 0.414. The molecule has 158 valence electrons. The van der Waals surface area contributed by atoms with Gasteiger partial charge in [0.1, 0.15) is 16.5 Å². The summed E-state index contributed by atoms with van der Waals surface area (Å²) in [5.41, 5.74) is 0.486. The quantitative estimate of drug-likeness (QED) is 0.515. The van der Waals surface area contributed by atoms with Gasteiger partial charge >= 0.3 is 0 Å². The summed E-state index contributed by atoms with van der Waals surface area (Å²) < 4.78 is 37.4. The molecular weight excluding hydrogens is 428 g/mol. The van der Waals surface area contributed by atoms with Crippen molar-refractivity contribution in [2.45, 2.75) is 11.3 Å². The zero-order valence-electron chi connectivity index (χ0n) is 16.3. The Kier molecular flexibility index (Phi) is 6.85. The average Bonchev–Trinajstić information content (AvgIpc) is 3.20. The molecule has 0 aliphatic rings. The summed E-state index contributed by atoms with van der Waals surface area (Å²) in [5, 5.41) is 11.4. The second-order valence-corrected chi connectivity index (χ2v) is 8.76. The van der Waals surface area contributed by atoms with E-state index in [-0.39, 0.29) is 15.9 Å². The highest BCUT2D eigenvalue weighted by Crippen LogP contribution is 2.22. The van der Waals surface area contributed by atoms with Crippen LogP contribution in [0.1, 0.15) is 15.4 Å². The highest BCUT2D eigenvalue weighted by atomic mass is 32.2. The molecule has 3 rings (SSSR count). The summed E-state index contributed by atoms with van der Waals surface area (Å²) in [6, 6.07) is 12.8. The van der Waals surface area contributed by atoms with Crippen molar-refractivity contribution in [2.75, 3.05) is 25.5 Å². The molecule has 0 aliphatic carbocycles. The average molecular weight is 449 g/mol. The summed E-state index contributed by atoms with van der Waals surface area (Å²) in [5.74, 6) is 0.919. The van der Waals surface area contributed by atoms with E-state index in [2.05, 4.69) is 20.2 Å². The molecule has 0 unspecified atom stereocenters. The molecule has 0 atom stereocenters. The minimum atomic E-state index is -3.78. The summed E-state index contributed by atoms with van der Waals surface area (Å²) in [4.78, 5) is 12.3. The van der Waals surface area contributed by atoms with Gasteiger partial charge < -0.3 is 14.8 Å². The van der Waals surface area contributed by atoms with Crippen LogP contribution in [-0.2, 0) is 16.4 Å². The van der Waals surface area contributed by atoms with Crippen LogP contribution in [0.5, 0.6) is 11.5 Å². The van der Waals surface area contributed by atoms with Crippen LogP contribution >= 0.6 is 11.3 Å². The normalized spacial score (nSPS) is 11.0. The molecule has 30 heavy (non-hydrogen) atoms. The monoisotopic (exact) mass is 448 g/mol. The van der Waals surface area contributed by atoms with E-state index in [1.54, 1.807) is 36.4 Å². The van der Waals surface area contributed by atoms with Crippen LogP contribution in [0.2, 0.25) is 0 Å². The lowest BCUT2D eigenvalue weighted by atomic mass is 10.2. The highest BCUT2D eigenvalue weighted by molar-refractivity contribution is 7.93. The van der Waals surface area contributed by atoms with Crippen molar-refractivity contribution in [3.8, 4) is 11.5 Å². The highest BCUT2D eigenvalue weighted by Gasteiger charge is 2.17. The number of benzene rings is 2. The van der Waals surface area contributed by atoms with Crippen LogP contribution in [0.25, 0.3) is 0 Å². The number of anilines is 1. The topological polar surface area (TPSA) is 120 Å². The Hall–Kier alpha value is -3.18. The van der Waals surface area contributed by atoms with Gasteiger partial charge in [0.05, 0.1) is 19.1 Å². The van der Waals surface area contributed by atoms with Crippen molar-refractivity contribution < 1.29 is 22.7 Å². The first-order chi connectivity index (χ1) is 14.4. The molecule has 0 saturated heterocycles. The van der Waals surface area contributed by atoms with Gasteiger partial charge in [-0.1, -0.05) is 17.4 Å². The fourth-order valence-electron chi connectivity index (χ4n) is 2.47. The molecule has 0 fully saturated rings. The molecule has 3 aromatic rings. The fourth-order valence-corrected chi connectivity index (χ4v) is 4.44. The molecule has 0 spiro atoms. The number of sulfonamides is 1. The van der Waals surface area contributed by atoms with Crippen LogP contribution in [0.4, 0.5) is 5.13 Å². The smallest absolute Gasteiger partial charge is 0.263 e. The third-order valence-corrected chi connectivity index (χ3v) is 6.40. The van der Waals surface area contributed by atoms with Gasteiger partial charge in [0, 0.05) is 18.5 Å². The van der Waals surface area contributed by atoms with E-state index in [0.29, 0.717) is 35.0 Å². The number of carbonyl (C=O) groups is 1. The summed E-state index contributed by atoms with van der Waals surface area (Å²) in [6.45, 7) is 0.329. The van der Waals surface area contributed by atoms with Crippen LogP contribution in [0.15, 0.2) is 53.4 Å². The Morgan fingerprint density at radius 2 is 1.77 bits per heavy atom. The maximum absolute atomic E-state index is 12.4. The first-order valence-corrected chi connectivity index (χ1v) is 11.1. The van der Waals surface area contributed by atoms with Crippen molar-refractivity contribution in [3.05, 3.63) is 59.1 Å². The summed E-state index contributed by atoms with van der Waals surface area (Å²) in [7, 11) is -0.743. The predicted octanol–water partition coefficient (Wildman–Crippen LogP) is 2.33. The Morgan fingerprint density at radius 1 is 1.03 bits per heavy atom. The lowest BCUT2D eigenvalue weighted by molar-refractivity contribution is 0.0953. The zero-order chi connectivity index (χ0) is 21.6. The molecule has 9 nitrogen and oxygen atoms in total. The lowest BCUT2D eigenvalue weighted by Gasteiger charge is -2.06. The molecular formula is C19H20N4O5S2. The van der Waals surface area contributed by atoms with E-state index in [4.69, 9.17) is 9.47 Å². The fraction of sp³-hybridized carbons (Fsp3) is 0.211. The van der Waals surface area contributed by atoms with E-state index in [9.17, 15) is 13.2 Å². The number of carbonyl (C=O) groups excluding carboxylic acids is 1. The molecule has 11 heteroatoms. The van der Waals surface area contributed by atoms with Gasteiger partial charge in [-0.15, -0.1) is 10.2 Å². The number of methoxy groups -OCH3 is 2. The number of nitrogens with zero attached hydrogens (tertiary/aromatic N) is 2. The number of amides is 1. The first kappa shape index (κ1) is 21.5. The van der Waals surface area contributed by atoms with E-state index >= 15 is 0 Å². The van der Waals surface area contributed by atoms with Crippen molar-refractivity contribution in [2.24, 2.45) is 0 Å². The van der Waals surface area contributed by atoms with Crippen LogP contribution in [0, 0.1) is 0 Å². The van der Waals surface area contributed by atoms with Crippen molar-refractivity contribution in [1.82, 2.24) is 15.5 Å². The Morgan fingerprint density at radius 3 is 2.47 bits per heavy atom. The Bertz CT molecular complexity index is 1110. The molecule has 0 aliphatic heterocycles. The van der Waals surface area contributed by atoms with Gasteiger partial charge in [0.2, 0.25) is 5.13 Å². The van der Waals surface area contributed by atoms with Crippen molar-refractivity contribution in [1.29, 1.82) is 0 Å². The Balaban J connectivity index is 1.55. The first-order valence-electron chi connectivity index (χ1n) is 8.83. The van der Waals surface area contributed by atoms with Gasteiger partial charge in [-0.2, -0.15) is 0 Å². The molecule has 2 aromatic carbocycles. The third-order valence-electron chi connectivity index (χ3n) is 4.01. The second-order valence-electron chi connectivity index (χ2n) is 6.02. The maximum atomic E-state index is 12.4. The molecule has 0 saturated carbocycles. The van der Waals surface area contributed by atoms with E-state index in [0.717, 1.165) is 11.3 Å². The van der Waals surface area contributed by atoms with Crippen LogP contribution < -0.4 is 19.5 Å². The minimum Gasteiger partial charge on any atom is -0.497 e. The number of rotatable bonds is 9. The zero-order valence-corrected chi connectivity index (χ0v) is 17.9.